The summed E-state index contributed by atoms with van der Waals surface area (Å²) in [7, 11) is 0. The van der Waals surface area contributed by atoms with Crippen LogP contribution in [0.3, 0.4) is 0 Å². The van der Waals surface area contributed by atoms with E-state index in [-0.39, 0.29) is 23.6 Å². The molecule has 2 N–H and O–H groups in total. The van der Waals surface area contributed by atoms with Gasteiger partial charge >= 0.3 is 5.97 Å². The van der Waals surface area contributed by atoms with Crippen molar-refractivity contribution in [3.63, 3.8) is 0 Å². The van der Waals surface area contributed by atoms with E-state index in [4.69, 9.17) is 14.6 Å². The highest BCUT2D eigenvalue weighted by Crippen LogP contribution is 2.19. The molecule has 27 heavy (non-hydrogen) atoms. The summed E-state index contributed by atoms with van der Waals surface area (Å²) in [5.41, 5.74) is 1.33. The minimum atomic E-state index is -0.980. The van der Waals surface area contributed by atoms with E-state index in [1.165, 1.54) is 12.1 Å². The lowest BCUT2D eigenvalue weighted by molar-refractivity contribution is -0.123. The Morgan fingerprint density at radius 2 is 1.85 bits per heavy atom. The predicted molar refractivity (Wildman–Crippen MR) is 99.9 cm³/mol. The lowest BCUT2D eigenvalue weighted by atomic mass is 10.0. The number of amides is 1. The zero-order valence-corrected chi connectivity index (χ0v) is 15.0. The second-order valence-electron chi connectivity index (χ2n) is 6.51. The van der Waals surface area contributed by atoms with Gasteiger partial charge in [-0.3, -0.25) is 4.79 Å². The van der Waals surface area contributed by atoms with Gasteiger partial charge in [-0.1, -0.05) is 30.3 Å². The summed E-state index contributed by atoms with van der Waals surface area (Å²) in [6.07, 6.45) is 1.48. The Morgan fingerprint density at radius 3 is 2.56 bits per heavy atom. The predicted octanol–water partition coefficient (Wildman–Crippen LogP) is 2.67. The van der Waals surface area contributed by atoms with E-state index in [9.17, 15) is 9.59 Å². The molecule has 0 aromatic heterocycles. The maximum absolute atomic E-state index is 12.3. The quantitative estimate of drug-likeness (QED) is 0.784. The molecule has 1 saturated heterocycles. The number of benzene rings is 2. The van der Waals surface area contributed by atoms with Crippen LogP contribution in [-0.2, 0) is 16.0 Å². The standard InChI is InChI=1S/C21H23NO5/c23-20(11-6-15-4-2-1-3-5-15)22-18-12-13-26-14-19(18)27-17-9-7-16(8-10-17)21(24)25/h1-5,7-10,18-19H,6,11-14H2,(H,22,23)(H,24,25). The summed E-state index contributed by atoms with van der Waals surface area (Å²) in [4.78, 5) is 23.3. The highest BCUT2D eigenvalue weighted by atomic mass is 16.5. The molecule has 0 saturated carbocycles. The van der Waals surface area contributed by atoms with Crippen molar-refractivity contribution in [2.75, 3.05) is 13.2 Å². The maximum atomic E-state index is 12.3. The summed E-state index contributed by atoms with van der Waals surface area (Å²) in [6, 6.07) is 16.0. The first-order valence-corrected chi connectivity index (χ1v) is 9.03. The van der Waals surface area contributed by atoms with Gasteiger partial charge in [-0.25, -0.2) is 4.79 Å². The molecule has 3 rings (SSSR count). The fourth-order valence-electron chi connectivity index (χ4n) is 3.03. The van der Waals surface area contributed by atoms with Crippen molar-refractivity contribution in [2.24, 2.45) is 0 Å². The molecule has 2 aromatic rings. The van der Waals surface area contributed by atoms with Gasteiger partial charge in [0.25, 0.3) is 0 Å². The number of carboxylic acids is 1. The second kappa shape index (κ2) is 9.19. The second-order valence-corrected chi connectivity index (χ2v) is 6.51. The van der Waals surface area contributed by atoms with E-state index in [1.54, 1.807) is 12.1 Å². The lowest BCUT2D eigenvalue weighted by Crippen LogP contribution is -2.51. The van der Waals surface area contributed by atoms with E-state index in [1.807, 2.05) is 30.3 Å². The summed E-state index contributed by atoms with van der Waals surface area (Å²) in [6.45, 7) is 0.950. The Balaban J connectivity index is 1.54. The molecule has 1 fully saturated rings. The first-order chi connectivity index (χ1) is 13.1. The number of hydrogen-bond acceptors (Lipinski definition) is 4. The van der Waals surface area contributed by atoms with E-state index in [0.717, 1.165) is 5.56 Å². The maximum Gasteiger partial charge on any atom is 0.335 e. The number of carboxylic acid groups (broad SMARTS) is 1. The van der Waals surface area contributed by atoms with Gasteiger partial charge in [0.05, 0.1) is 18.2 Å². The third-order valence-electron chi connectivity index (χ3n) is 4.52. The van der Waals surface area contributed by atoms with Gasteiger partial charge in [0.2, 0.25) is 5.91 Å². The number of carbonyl (C=O) groups is 2. The van der Waals surface area contributed by atoms with Crippen LogP contribution in [0.2, 0.25) is 0 Å². The van der Waals surface area contributed by atoms with Crippen molar-refractivity contribution in [3.05, 3.63) is 65.7 Å². The van der Waals surface area contributed by atoms with Gasteiger partial charge in [-0.2, -0.15) is 0 Å². The normalized spacial score (nSPS) is 19.3. The number of aromatic carboxylic acids is 1. The fraction of sp³-hybridized carbons (Fsp3) is 0.333. The molecule has 1 aliphatic rings. The Morgan fingerprint density at radius 1 is 1.11 bits per heavy atom. The van der Waals surface area contributed by atoms with E-state index in [0.29, 0.717) is 38.2 Å². The largest absolute Gasteiger partial charge is 0.486 e. The molecule has 0 radical (unpaired) electrons. The smallest absolute Gasteiger partial charge is 0.335 e. The van der Waals surface area contributed by atoms with Gasteiger partial charge < -0.3 is 19.9 Å². The van der Waals surface area contributed by atoms with E-state index in [2.05, 4.69) is 5.32 Å². The molecule has 2 atom stereocenters. The number of hydrogen-bond donors (Lipinski definition) is 2. The Labute approximate surface area is 158 Å². The van der Waals surface area contributed by atoms with Gasteiger partial charge in [-0.05, 0) is 42.7 Å². The molecule has 2 unspecified atom stereocenters. The molecule has 2 aromatic carbocycles. The third-order valence-corrected chi connectivity index (χ3v) is 4.52. The number of nitrogens with one attached hydrogen (secondary N) is 1. The van der Waals surface area contributed by atoms with Crippen molar-refractivity contribution < 1.29 is 24.2 Å². The molecule has 1 heterocycles. The molecule has 0 bridgehead atoms. The van der Waals surface area contributed by atoms with Crippen LogP contribution in [0, 0.1) is 0 Å². The number of ether oxygens (including phenoxy) is 2. The van der Waals surface area contributed by atoms with Crippen LogP contribution in [0.25, 0.3) is 0 Å². The zero-order chi connectivity index (χ0) is 19.1. The van der Waals surface area contributed by atoms with Gasteiger partial charge in [0, 0.05) is 13.0 Å². The molecule has 1 aliphatic heterocycles. The van der Waals surface area contributed by atoms with Gasteiger partial charge in [0.15, 0.2) is 0 Å². The zero-order valence-electron chi connectivity index (χ0n) is 15.0. The van der Waals surface area contributed by atoms with Crippen LogP contribution in [0.4, 0.5) is 0 Å². The van der Waals surface area contributed by atoms with E-state index >= 15 is 0 Å². The van der Waals surface area contributed by atoms with Crippen molar-refractivity contribution in [1.29, 1.82) is 0 Å². The number of aryl methyl sites for hydroxylation is 1. The van der Waals surface area contributed by atoms with Crippen molar-refractivity contribution in [2.45, 2.75) is 31.4 Å². The van der Waals surface area contributed by atoms with Crippen LogP contribution >= 0.6 is 0 Å². The topological polar surface area (TPSA) is 84.9 Å². The minimum Gasteiger partial charge on any atom is -0.486 e. The molecule has 6 heteroatoms. The lowest BCUT2D eigenvalue weighted by Gasteiger charge is -2.32. The molecule has 0 spiro atoms. The molecule has 0 aliphatic carbocycles. The van der Waals surface area contributed by atoms with Crippen LogP contribution in [0.15, 0.2) is 54.6 Å². The van der Waals surface area contributed by atoms with E-state index < -0.39 is 5.97 Å². The van der Waals surface area contributed by atoms with Crippen molar-refractivity contribution in [3.8, 4) is 5.75 Å². The van der Waals surface area contributed by atoms with Crippen LogP contribution < -0.4 is 10.1 Å². The Bertz CT molecular complexity index is 760. The monoisotopic (exact) mass is 369 g/mol. The van der Waals surface area contributed by atoms with Gasteiger partial charge in [0.1, 0.15) is 11.9 Å². The molecule has 142 valence electrons. The summed E-state index contributed by atoms with van der Waals surface area (Å²) < 4.78 is 11.4. The van der Waals surface area contributed by atoms with Crippen LogP contribution in [0.1, 0.15) is 28.8 Å². The van der Waals surface area contributed by atoms with Crippen LogP contribution in [0.5, 0.6) is 5.75 Å². The highest BCUT2D eigenvalue weighted by Gasteiger charge is 2.29. The molecular formula is C21H23NO5. The highest BCUT2D eigenvalue weighted by molar-refractivity contribution is 5.87. The summed E-state index contributed by atoms with van der Waals surface area (Å²) >= 11 is 0. The summed E-state index contributed by atoms with van der Waals surface area (Å²) in [5.74, 6) is -0.439. The first-order valence-electron chi connectivity index (χ1n) is 9.03. The number of carbonyl (C=O) groups excluding carboxylic acids is 1. The molecule has 1 amide bonds. The SMILES string of the molecule is O=C(CCc1ccccc1)NC1CCOCC1Oc1ccc(C(=O)O)cc1. The average molecular weight is 369 g/mol. The third kappa shape index (κ3) is 5.56. The summed E-state index contributed by atoms with van der Waals surface area (Å²) in [5, 5.41) is 12.0. The Kier molecular flexibility index (Phi) is 6.44. The average Bonchev–Trinajstić information content (AvgIpc) is 2.69. The van der Waals surface area contributed by atoms with Crippen LogP contribution in [-0.4, -0.2) is 42.3 Å². The van der Waals surface area contributed by atoms with Crippen molar-refractivity contribution in [1.82, 2.24) is 5.32 Å². The van der Waals surface area contributed by atoms with Crippen molar-refractivity contribution >= 4 is 11.9 Å². The number of rotatable bonds is 7. The fourth-order valence-corrected chi connectivity index (χ4v) is 3.03. The first kappa shape index (κ1) is 18.9. The minimum absolute atomic E-state index is 0.0134. The molecule has 6 nitrogen and oxygen atoms in total. The van der Waals surface area contributed by atoms with Gasteiger partial charge in [-0.15, -0.1) is 0 Å². The Hall–Kier alpha value is -2.86. The molecular weight excluding hydrogens is 346 g/mol.